The van der Waals surface area contributed by atoms with Crippen molar-refractivity contribution in [2.24, 2.45) is 0 Å². The van der Waals surface area contributed by atoms with Crippen molar-refractivity contribution in [3.05, 3.63) is 65.0 Å². The Hall–Kier alpha value is -2.83. The highest BCUT2D eigenvalue weighted by molar-refractivity contribution is 6.04. The van der Waals surface area contributed by atoms with Gasteiger partial charge in [0.05, 0.1) is 0 Å². The quantitative estimate of drug-likeness (QED) is 0.904. The average molecular weight is 323 g/mol. The summed E-state index contributed by atoms with van der Waals surface area (Å²) in [6, 6.07) is 8.05. The third-order valence-corrected chi connectivity index (χ3v) is 3.17. The Kier molecular flexibility index (Phi) is 4.40. The van der Waals surface area contributed by atoms with Gasteiger partial charge in [-0.25, -0.2) is 9.18 Å². The summed E-state index contributed by atoms with van der Waals surface area (Å²) in [6.45, 7) is 1.51. The molecule has 0 saturated heterocycles. The van der Waals surface area contributed by atoms with Crippen LogP contribution in [0.1, 0.15) is 21.5 Å². The van der Waals surface area contributed by atoms with Crippen LogP contribution in [0.3, 0.4) is 0 Å². The summed E-state index contributed by atoms with van der Waals surface area (Å²) in [5.74, 6) is -7.54. The number of hydrogen-bond acceptors (Lipinski definition) is 2. The second-order valence-corrected chi connectivity index (χ2v) is 4.88. The van der Waals surface area contributed by atoms with Crippen LogP contribution in [-0.4, -0.2) is 17.0 Å². The number of halogens is 3. The van der Waals surface area contributed by atoms with E-state index in [0.29, 0.717) is 11.3 Å². The Morgan fingerprint density at radius 3 is 2.43 bits per heavy atom. The monoisotopic (exact) mass is 323 g/mol. The van der Waals surface area contributed by atoms with Gasteiger partial charge in [0.1, 0.15) is 5.82 Å². The highest BCUT2D eigenvalue weighted by atomic mass is 19.3. The van der Waals surface area contributed by atoms with E-state index in [1.165, 1.54) is 31.2 Å². The molecule has 7 heteroatoms. The Balaban J connectivity index is 2.26. The summed E-state index contributed by atoms with van der Waals surface area (Å²) in [5, 5.41) is 11.0. The van der Waals surface area contributed by atoms with Gasteiger partial charge in [-0.1, -0.05) is 12.1 Å². The fourth-order valence-electron chi connectivity index (χ4n) is 1.90. The van der Waals surface area contributed by atoms with Crippen molar-refractivity contribution in [3.63, 3.8) is 0 Å². The van der Waals surface area contributed by atoms with Crippen molar-refractivity contribution in [2.75, 3.05) is 5.32 Å². The van der Waals surface area contributed by atoms with Crippen molar-refractivity contribution >= 4 is 17.6 Å². The van der Waals surface area contributed by atoms with Crippen LogP contribution >= 0.6 is 0 Å². The number of benzene rings is 2. The summed E-state index contributed by atoms with van der Waals surface area (Å²) >= 11 is 0. The van der Waals surface area contributed by atoms with Gasteiger partial charge in [0.25, 0.3) is 5.91 Å². The van der Waals surface area contributed by atoms with Gasteiger partial charge in [0, 0.05) is 16.8 Å². The lowest BCUT2D eigenvalue weighted by Gasteiger charge is -2.13. The standard InChI is InChI=1S/C16H12F3NO3/c1-9-7-12(5-6-13(9)17)20-14(21)10-3-2-4-11(8-10)16(18,19)15(22)23/h2-8H,1H3,(H,20,21)(H,22,23). The molecule has 120 valence electrons. The molecule has 0 bridgehead atoms. The van der Waals surface area contributed by atoms with Gasteiger partial charge >= 0.3 is 11.9 Å². The number of carbonyl (C=O) groups is 2. The zero-order chi connectivity index (χ0) is 17.2. The molecule has 0 aliphatic heterocycles. The number of carboxylic acid groups (broad SMARTS) is 1. The summed E-state index contributed by atoms with van der Waals surface area (Å²) in [6.07, 6.45) is 0. The molecule has 1 amide bonds. The first-order valence-electron chi connectivity index (χ1n) is 6.51. The summed E-state index contributed by atoms with van der Waals surface area (Å²) in [5.41, 5.74) is -0.323. The molecule has 2 rings (SSSR count). The van der Waals surface area contributed by atoms with Crippen molar-refractivity contribution < 1.29 is 27.9 Å². The third-order valence-electron chi connectivity index (χ3n) is 3.17. The maximum Gasteiger partial charge on any atom is 0.379 e. The first-order chi connectivity index (χ1) is 10.7. The fourth-order valence-corrected chi connectivity index (χ4v) is 1.90. The lowest BCUT2D eigenvalue weighted by Crippen LogP contribution is -2.25. The van der Waals surface area contributed by atoms with Gasteiger partial charge in [0.15, 0.2) is 0 Å². The van der Waals surface area contributed by atoms with Crippen LogP contribution in [0.25, 0.3) is 0 Å². The van der Waals surface area contributed by atoms with Crippen LogP contribution in [0.2, 0.25) is 0 Å². The van der Waals surface area contributed by atoms with E-state index < -0.39 is 29.2 Å². The molecule has 4 nitrogen and oxygen atoms in total. The molecule has 23 heavy (non-hydrogen) atoms. The van der Waals surface area contributed by atoms with E-state index in [0.717, 1.165) is 18.2 Å². The number of carboxylic acids is 1. The molecule has 0 aliphatic carbocycles. The van der Waals surface area contributed by atoms with Crippen molar-refractivity contribution in [1.29, 1.82) is 0 Å². The molecule has 0 fully saturated rings. The summed E-state index contributed by atoms with van der Waals surface area (Å²) < 4.78 is 40.1. The molecule has 0 unspecified atom stereocenters. The van der Waals surface area contributed by atoms with Gasteiger partial charge in [-0.05, 0) is 42.8 Å². The minimum absolute atomic E-state index is 0.134. The van der Waals surface area contributed by atoms with Crippen molar-refractivity contribution in [2.45, 2.75) is 12.8 Å². The van der Waals surface area contributed by atoms with E-state index >= 15 is 0 Å². The molecule has 0 spiro atoms. The number of hydrogen-bond donors (Lipinski definition) is 2. The van der Waals surface area contributed by atoms with Crippen LogP contribution in [0, 0.1) is 12.7 Å². The summed E-state index contributed by atoms with van der Waals surface area (Å²) in [7, 11) is 0. The van der Waals surface area contributed by atoms with E-state index in [2.05, 4.69) is 5.32 Å². The van der Waals surface area contributed by atoms with Gasteiger partial charge in [-0.15, -0.1) is 0 Å². The van der Waals surface area contributed by atoms with Crippen molar-refractivity contribution in [1.82, 2.24) is 0 Å². The molecule has 0 atom stereocenters. The number of aryl methyl sites for hydroxylation is 1. The van der Waals surface area contributed by atoms with Crippen LogP contribution in [0.15, 0.2) is 42.5 Å². The second-order valence-electron chi connectivity index (χ2n) is 4.88. The predicted octanol–water partition coefficient (Wildman–Crippen LogP) is 3.56. The molecule has 2 N–H and O–H groups in total. The first kappa shape index (κ1) is 16.5. The summed E-state index contributed by atoms with van der Waals surface area (Å²) in [4.78, 5) is 22.6. The van der Waals surface area contributed by atoms with E-state index in [4.69, 9.17) is 5.11 Å². The SMILES string of the molecule is Cc1cc(NC(=O)c2cccc(C(F)(F)C(=O)O)c2)ccc1F. The molecule has 2 aromatic rings. The molecular weight excluding hydrogens is 311 g/mol. The van der Waals surface area contributed by atoms with Crippen molar-refractivity contribution in [3.8, 4) is 0 Å². The minimum atomic E-state index is -4.09. The molecule has 2 aromatic carbocycles. The van der Waals surface area contributed by atoms with Gasteiger partial charge < -0.3 is 10.4 Å². The lowest BCUT2D eigenvalue weighted by atomic mass is 10.0. The average Bonchev–Trinajstić information content (AvgIpc) is 2.51. The van der Waals surface area contributed by atoms with Gasteiger partial charge in [0.2, 0.25) is 0 Å². The fraction of sp³-hybridized carbons (Fsp3) is 0.125. The number of rotatable bonds is 4. The number of aliphatic carboxylic acids is 1. The van der Waals surface area contributed by atoms with E-state index in [-0.39, 0.29) is 5.56 Å². The maximum absolute atomic E-state index is 13.5. The number of alkyl halides is 2. The third kappa shape index (κ3) is 3.50. The van der Waals surface area contributed by atoms with Crippen LogP contribution in [-0.2, 0) is 10.7 Å². The lowest BCUT2D eigenvalue weighted by molar-refractivity contribution is -0.166. The maximum atomic E-state index is 13.5. The molecule has 0 heterocycles. The largest absolute Gasteiger partial charge is 0.477 e. The Morgan fingerprint density at radius 2 is 1.83 bits per heavy atom. The predicted molar refractivity (Wildman–Crippen MR) is 77.1 cm³/mol. The topological polar surface area (TPSA) is 66.4 Å². The highest BCUT2D eigenvalue weighted by Crippen LogP contribution is 2.28. The number of carbonyl (C=O) groups excluding carboxylic acids is 1. The van der Waals surface area contributed by atoms with E-state index in [1.807, 2.05) is 0 Å². The number of amides is 1. The minimum Gasteiger partial charge on any atom is -0.477 e. The molecule has 0 radical (unpaired) electrons. The van der Waals surface area contributed by atoms with E-state index in [9.17, 15) is 22.8 Å². The normalized spacial score (nSPS) is 11.1. The zero-order valence-electron chi connectivity index (χ0n) is 11.9. The Labute approximate surface area is 129 Å². The molecular formula is C16H12F3NO3. The number of nitrogens with one attached hydrogen (secondary N) is 1. The Bertz CT molecular complexity index is 775. The van der Waals surface area contributed by atoms with Crippen LogP contribution in [0.4, 0.5) is 18.9 Å². The number of anilines is 1. The molecule has 0 saturated carbocycles. The smallest absolute Gasteiger partial charge is 0.379 e. The second kappa shape index (κ2) is 6.12. The molecule has 0 aromatic heterocycles. The van der Waals surface area contributed by atoms with E-state index in [1.54, 1.807) is 0 Å². The highest BCUT2D eigenvalue weighted by Gasteiger charge is 2.41. The van der Waals surface area contributed by atoms with Crippen LogP contribution < -0.4 is 5.32 Å². The Morgan fingerprint density at radius 1 is 1.13 bits per heavy atom. The van der Waals surface area contributed by atoms with Crippen LogP contribution in [0.5, 0.6) is 0 Å². The first-order valence-corrected chi connectivity index (χ1v) is 6.51. The molecule has 0 aliphatic rings. The zero-order valence-corrected chi connectivity index (χ0v) is 11.9. The van der Waals surface area contributed by atoms with Gasteiger partial charge in [-0.2, -0.15) is 8.78 Å². The van der Waals surface area contributed by atoms with Gasteiger partial charge in [-0.3, -0.25) is 4.79 Å².